The van der Waals surface area contributed by atoms with Gasteiger partial charge in [-0.3, -0.25) is 0 Å². The zero-order chi connectivity index (χ0) is 10.5. The van der Waals surface area contributed by atoms with Crippen LogP contribution in [0.1, 0.15) is 13.3 Å². The molecule has 0 heterocycles. The highest BCUT2D eigenvalue weighted by molar-refractivity contribution is 5.90. The minimum Gasteiger partial charge on any atom is -0.347 e. The van der Waals surface area contributed by atoms with E-state index in [0.717, 1.165) is 6.26 Å². The Balaban J connectivity index is 4.76. The molecule has 0 fully saturated rings. The summed E-state index contributed by atoms with van der Waals surface area (Å²) in [5, 5.41) is 7.83. The molecule has 0 unspecified atom stereocenters. The van der Waals surface area contributed by atoms with E-state index in [1.165, 1.54) is 6.92 Å². The van der Waals surface area contributed by atoms with Crippen molar-refractivity contribution in [2.75, 3.05) is 0 Å². The number of hydrogen-bond donors (Lipinski definition) is 0. The van der Waals surface area contributed by atoms with Crippen LogP contribution in [0.2, 0.25) is 0 Å². The number of carbonyl (C=O) groups excluding carboxylic acids is 1. The summed E-state index contributed by atoms with van der Waals surface area (Å²) in [6, 6.07) is 0. The SMILES string of the molecule is CCC=C(C(=O)OC#N)C(F)(F)F. The first-order valence-electron chi connectivity index (χ1n) is 3.31. The van der Waals surface area contributed by atoms with Crippen LogP contribution in [0.4, 0.5) is 13.2 Å². The molecular formula is C7H6F3NO2. The number of nitrogens with zero attached hydrogens (tertiary/aromatic N) is 1. The van der Waals surface area contributed by atoms with Crippen molar-refractivity contribution in [2.24, 2.45) is 0 Å². The van der Waals surface area contributed by atoms with Crippen LogP contribution in [0.15, 0.2) is 11.6 Å². The van der Waals surface area contributed by atoms with E-state index in [9.17, 15) is 18.0 Å². The molecule has 0 saturated heterocycles. The highest BCUT2D eigenvalue weighted by Gasteiger charge is 2.39. The molecule has 0 aromatic heterocycles. The Hall–Kier alpha value is -1.51. The Morgan fingerprint density at radius 2 is 2.15 bits per heavy atom. The Morgan fingerprint density at radius 1 is 1.62 bits per heavy atom. The third-order valence-corrected chi connectivity index (χ3v) is 1.07. The molecule has 0 bridgehead atoms. The smallest absolute Gasteiger partial charge is 0.347 e. The third-order valence-electron chi connectivity index (χ3n) is 1.07. The molecule has 0 rings (SSSR count). The van der Waals surface area contributed by atoms with E-state index in [0.29, 0.717) is 6.08 Å². The Labute approximate surface area is 72.4 Å². The predicted molar refractivity (Wildman–Crippen MR) is 36.1 cm³/mol. The first-order chi connectivity index (χ1) is 5.93. The third kappa shape index (κ3) is 3.60. The monoisotopic (exact) mass is 193 g/mol. The van der Waals surface area contributed by atoms with E-state index < -0.39 is 17.7 Å². The van der Waals surface area contributed by atoms with Crippen LogP contribution < -0.4 is 0 Å². The zero-order valence-electron chi connectivity index (χ0n) is 6.68. The molecule has 0 aliphatic rings. The van der Waals surface area contributed by atoms with Crippen LogP contribution in [-0.4, -0.2) is 12.1 Å². The van der Waals surface area contributed by atoms with Crippen LogP contribution >= 0.6 is 0 Å². The number of carbonyl (C=O) groups is 1. The molecular weight excluding hydrogens is 187 g/mol. The van der Waals surface area contributed by atoms with Crippen molar-refractivity contribution in [1.29, 1.82) is 5.26 Å². The maximum atomic E-state index is 12.0. The van der Waals surface area contributed by atoms with E-state index in [1.807, 2.05) is 0 Å². The Kier molecular flexibility index (Phi) is 3.98. The number of allylic oxidation sites excluding steroid dienone is 1. The molecule has 13 heavy (non-hydrogen) atoms. The molecule has 0 N–H and O–H groups in total. The summed E-state index contributed by atoms with van der Waals surface area (Å²) in [6.45, 7) is 1.44. The summed E-state index contributed by atoms with van der Waals surface area (Å²) in [5.74, 6) is -1.67. The van der Waals surface area contributed by atoms with E-state index in [1.54, 1.807) is 0 Å². The summed E-state index contributed by atoms with van der Waals surface area (Å²) in [5.41, 5.74) is -1.45. The molecule has 72 valence electrons. The fourth-order valence-corrected chi connectivity index (χ4v) is 0.615. The number of esters is 1. The lowest BCUT2D eigenvalue weighted by molar-refractivity contribution is -0.144. The Morgan fingerprint density at radius 3 is 2.46 bits per heavy atom. The van der Waals surface area contributed by atoms with Gasteiger partial charge in [-0.15, -0.1) is 5.26 Å². The number of nitriles is 1. The van der Waals surface area contributed by atoms with Gasteiger partial charge in [0.2, 0.25) is 0 Å². The highest BCUT2D eigenvalue weighted by atomic mass is 19.4. The normalized spacial score (nSPS) is 12.1. The molecule has 0 aromatic carbocycles. The van der Waals surface area contributed by atoms with Crippen LogP contribution in [0.25, 0.3) is 0 Å². The lowest BCUT2D eigenvalue weighted by atomic mass is 10.2. The van der Waals surface area contributed by atoms with E-state index in [-0.39, 0.29) is 6.42 Å². The minimum absolute atomic E-state index is 0.0371. The molecule has 6 heteroatoms. The van der Waals surface area contributed by atoms with Crippen LogP contribution in [-0.2, 0) is 9.53 Å². The second-order valence-corrected chi connectivity index (χ2v) is 2.00. The van der Waals surface area contributed by atoms with Gasteiger partial charge in [-0.05, 0) is 6.42 Å². The lowest BCUT2D eigenvalue weighted by Gasteiger charge is -2.07. The molecule has 0 aliphatic carbocycles. The fraction of sp³-hybridized carbons (Fsp3) is 0.429. The van der Waals surface area contributed by atoms with Crippen molar-refractivity contribution < 1.29 is 22.7 Å². The predicted octanol–water partition coefficient (Wildman–Crippen LogP) is 1.91. The van der Waals surface area contributed by atoms with Crippen LogP contribution in [0.5, 0.6) is 0 Å². The van der Waals surface area contributed by atoms with Crippen molar-refractivity contribution in [3.8, 4) is 6.26 Å². The van der Waals surface area contributed by atoms with Crippen molar-refractivity contribution in [1.82, 2.24) is 0 Å². The number of ether oxygens (including phenoxy) is 1. The average molecular weight is 193 g/mol. The van der Waals surface area contributed by atoms with E-state index in [4.69, 9.17) is 5.26 Å². The van der Waals surface area contributed by atoms with Crippen molar-refractivity contribution in [2.45, 2.75) is 19.5 Å². The van der Waals surface area contributed by atoms with Gasteiger partial charge in [0.1, 0.15) is 5.57 Å². The summed E-state index contributed by atoms with van der Waals surface area (Å²) >= 11 is 0. The lowest BCUT2D eigenvalue weighted by Crippen LogP contribution is -2.21. The number of hydrogen-bond acceptors (Lipinski definition) is 3. The van der Waals surface area contributed by atoms with Crippen molar-refractivity contribution in [3.05, 3.63) is 11.6 Å². The van der Waals surface area contributed by atoms with Gasteiger partial charge in [-0.2, -0.15) is 13.2 Å². The standard InChI is InChI=1S/C7H6F3NO2/c1-2-3-5(7(8,9)10)6(12)13-4-11/h3H,2H2,1H3. The van der Waals surface area contributed by atoms with Gasteiger partial charge in [0.25, 0.3) is 6.26 Å². The quantitative estimate of drug-likeness (QED) is 0.382. The van der Waals surface area contributed by atoms with Gasteiger partial charge in [0.05, 0.1) is 0 Å². The average Bonchev–Trinajstić information content (AvgIpc) is 1.98. The molecule has 0 spiro atoms. The maximum absolute atomic E-state index is 12.0. The summed E-state index contributed by atoms with van der Waals surface area (Å²) in [4.78, 5) is 10.5. The second kappa shape index (κ2) is 4.50. The largest absolute Gasteiger partial charge is 0.423 e. The van der Waals surface area contributed by atoms with E-state index >= 15 is 0 Å². The van der Waals surface area contributed by atoms with Crippen molar-refractivity contribution >= 4 is 5.97 Å². The minimum atomic E-state index is -4.77. The molecule has 0 radical (unpaired) electrons. The molecule has 0 aromatic rings. The van der Waals surface area contributed by atoms with Gasteiger partial charge >= 0.3 is 12.1 Å². The number of halogens is 3. The van der Waals surface area contributed by atoms with Crippen LogP contribution in [0, 0.1) is 11.5 Å². The number of rotatable bonds is 2. The summed E-state index contributed by atoms with van der Waals surface area (Å²) < 4.78 is 39.6. The topological polar surface area (TPSA) is 50.1 Å². The van der Waals surface area contributed by atoms with E-state index in [2.05, 4.69) is 4.74 Å². The highest BCUT2D eigenvalue weighted by Crippen LogP contribution is 2.26. The van der Waals surface area contributed by atoms with Gasteiger partial charge in [-0.25, -0.2) is 4.79 Å². The van der Waals surface area contributed by atoms with Crippen LogP contribution in [0.3, 0.4) is 0 Å². The molecule has 3 nitrogen and oxygen atoms in total. The first-order valence-corrected chi connectivity index (χ1v) is 3.31. The van der Waals surface area contributed by atoms with Crippen molar-refractivity contribution in [3.63, 3.8) is 0 Å². The van der Waals surface area contributed by atoms with Gasteiger partial charge in [0, 0.05) is 0 Å². The zero-order valence-corrected chi connectivity index (χ0v) is 6.68. The number of alkyl halides is 3. The van der Waals surface area contributed by atoms with Gasteiger partial charge < -0.3 is 4.74 Å². The Bertz CT molecular complexity index is 262. The summed E-state index contributed by atoms with van der Waals surface area (Å²) in [7, 11) is 0. The molecule has 0 saturated carbocycles. The first kappa shape index (κ1) is 11.5. The molecule has 0 amide bonds. The fourth-order valence-electron chi connectivity index (χ4n) is 0.615. The second-order valence-electron chi connectivity index (χ2n) is 2.00. The molecule has 0 atom stereocenters. The maximum Gasteiger partial charge on any atom is 0.423 e. The van der Waals surface area contributed by atoms with Gasteiger partial charge in [0.15, 0.2) is 0 Å². The molecule has 0 aliphatic heterocycles. The van der Waals surface area contributed by atoms with Gasteiger partial charge in [-0.1, -0.05) is 13.0 Å². The summed E-state index contributed by atoms with van der Waals surface area (Å²) in [6.07, 6.45) is -3.18.